The van der Waals surface area contributed by atoms with Crippen molar-refractivity contribution in [3.05, 3.63) is 11.4 Å². The minimum absolute atomic E-state index is 0.000369. The number of amides is 2. The molecule has 0 aromatic carbocycles. The number of nitrogens with zero attached hydrogens (tertiary/aromatic N) is 3. The predicted octanol–water partition coefficient (Wildman–Crippen LogP) is 1.17. The Kier molecular flexibility index (Phi) is 5.67. The van der Waals surface area contributed by atoms with Gasteiger partial charge in [-0.2, -0.15) is 5.26 Å². The van der Waals surface area contributed by atoms with Crippen molar-refractivity contribution < 1.29 is 14.0 Å². The molecule has 4 rings (SSSR count). The molecule has 0 spiro atoms. The molecule has 1 saturated heterocycles. The highest BCUT2D eigenvalue weighted by Gasteiger charge is 2.52. The van der Waals surface area contributed by atoms with Crippen LogP contribution in [0.15, 0.2) is 0 Å². The lowest BCUT2D eigenvalue weighted by atomic mass is 9.57. The Labute approximate surface area is 159 Å². The summed E-state index contributed by atoms with van der Waals surface area (Å²) in [5, 5.41) is 15.4. The van der Waals surface area contributed by atoms with Gasteiger partial charge in [0.25, 0.3) is 0 Å². The molecule has 27 heavy (non-hydrogen) atoms. The summed E-state index contributed by atoms with van der Waals surface area (Å²) in [7, 11) is 0. The molecule has 2 bridgehead atoms. The van der Waals surface area contributed by atoms with Crippen LogP contribution in [0.1, 0.15) is 44.9 Å². The van der Waals surface area contributed by atoms with E-state index in [-0.39, 0.29) is 42.3 Å². The molecule has 8 heteroatoms. The molecule has 3 saturated carbocycles. The van der Waals surface area contributed by atoms with E-state index in [1.165, 1.54) is 4.90 Å². The average Bonchev–Trinajstić information content (AvgIpc) is 3.08. The van der Waals surface area contributed by atoms with Crippen molar-refractivity contribution in [1.82, 2.24) is 15.5 Å². The quantitative estimate of drug-likeness (QED) is 0.539. The monoisotopic (exact) mass is 375 g/mol. The van der Waals surface area contributed by atoms with Gasteiger partial charge in [-0.3, -0.25) is 9.59 Å². The summed E-state index contributed by atoms with van der Waals surface area (Å²) in [5.41, 5.74) is -0.483. The van der Waals surface area contributed by atoms with Crippen molar-refractivity contribution in [2.75, 3.05) is 26.2 Å². The van der Waals surface area contributed by atoms with Crippen LogP contribution in [0.4, 0.5) is 4.39 Å². The van der Waals surface area contributed by atoms with Crippen LogP contribution in [0, 0.1) is 23.3 Å². The molecule has 0 unspecified atom stereocenters. The largest absolute Gasteiger partial charge is 0.348 e. The van der Waals surface area contributed by atoms with Gasteiger partial charge in [-0.05, 0) is 38.5 Å². The smallest absolute Gasteiger partial charge is 0.237 e. The average molecular weight is 375 g/mol. The zero-order chi connectivity index (χ0) is 19.5. The number of carbonyl (C=O) groups is 2. The van der Waals surface area contributed by atoms with Gasteiger partial charge in [-0.15, -0.1) is 0 Å². The van der Waals surface area contributed by atoms with Crippen molar-refractivity contribution in [3.8, 4) is 6.07 Å². The molecule has 2 N–H and O–H groups in total. The molecular weight excluding hydrogens is 349 g/mol. The van der Waals surface area contributed by atoms with Gasteiger partial charge in [-0.1, -0.05) is 0 Å². The summed E-state index contributed by atoms with van der Waals surface area (Å²) in [6, 6.07) is 1.34. The first-order chi connectivity index (χ1) is 12.9. The van der Waals surface area contributed by atoms with E-state index >= 15 is 0 Å². The Balaban J connectivity index is 1.51. The number of nitriles is 1. The fourth-order valence-corrected chi connectivity index (χ4v) is 4.75. The normalized spacial score (nSPS) is 34.7. The highest BCUT2D eigenvalue weighted by atomic mass is 19.1. The van der Waals surface area contributed by atoms with E-state index < -0.39 is 12.2 Å². The lowest BCUT2D eigenvalue weighted by molar-refractivity contribution is -0.139. The van der Waals surface area contributed by atoms with Crippen LogP contribution in [0.3, 0.4) is 0 Å². The third-order valence-corrected chi connectivity index (χ3v) is 6.57. The molecule has 2 amide bonds. The Morgan fingerprint density at radius 1 is 1.26 bits per heavy atom. The summed E-state index contributed by atoms with van der Waals surface area (Å²) in [5.74, 6) is -0.172. The summed E-state index contributed by atoms with van der Waals surface area (Å²) in [4.78, 5) is 29.6. The van der Waals surface area contributed by atoms with Gasteiger partial charge in [0, 0.05) is 17.4 Å². The number of alkyl halides is 1. The Morgan fingerprint density at radius 3 is 2.52 bits per heavy atom. The third kappa shape index (κ3) is 3.91. The first-order valence-corrected chi connectivity index (χ1v) is 9.63. The maximum Gasteiger partial charge on any atom is 0.237 e. The van der Waals surface area contributed by atoms with E-state index in [0.717, 1.165) is 38.5 Å². The van der Waals surface area contributed by atoms with Gasteiger partial charge in [-0.25, -0.2) is 11.0 Å². The van der Waals surface area contributed by atoms with Crippen LogP contribution >= 0.6 is 0 Å². The van der Waals surface area contributed by atoms with E-state index in [0.29, 0.717) is 13.1 Å². The molecule has 7 nitrogen and oxygen atoms in total. The molecule has 1 heterocycles. The number of hydrogen-bond acceptors (Lipinski definition) is 4. The van der Waals surface area contributed by atoms with Gasteiger partial charge in [0.15, 0.2) is 0 Å². The van der Waals surface area contributed by atoms with Crippen molar-refractivity contribution in [1.29, 1.82) is 5.26 Å². The van der Waals surface area contributed by atoms with Crippen LogP contribution in [-0.4, -0.2) is 60.6 Å². The number of rotatable bonds is 6. The second-order valence-electron chi connectivity index (χ2n) is 8.08. The number of hydrogen-bond donors (Lipinski definition) is 2. The van der Waals surface area contributed by atoms with Crippen molar-refractivity contribution >= 4 is 11.8 Å². The number of halogens is 1. The summed E-state index contributed by atoms with van der Waals surface area (Å²) >= 11 is 0. The highest BCUT2D eigenvalue weighted by Crippen LogP contribution is 2.52. The van der Waals surface area contributed by atoms with Crippen LogP contribution in [0.5, 0.6) is 0 Å². The summed E-state index contributed by atoms with van der Waals surface area (Å²) in [6.07, 6.45) is 3.76. The molecule has 1 aliphatic heterocycles. The second-order valence-corrected chi connectivity index (χ2v) is 8.08. The van der Waals surface area contributed by atoms with Gasteiger partial charge in [0.05, 0.1) is 25.7 Å². The molecule has 0 aromatic rings. The SMILES string of the molecule is [C-]#[N+]CCNC(=O)C12CCC(NCC(=O)N3C[C@@H](F)C[C@H]3C#N)(CC1)CC2. The minimum atomic E-state index is -1.12. The zero-order valence-corrected chi connectivity index (χ0v) is 15.5. The number of likely N-dealkylation sites (tertiary alicyclic amines) is 1. The molecule has 0 aromatic heterocycles. The third-order valence-electron chi connectivity index (χ3n) is 6.57. The maximum absolute atomic E-state index is 13.5. The van der Waals surface area contributed by atoms with Gasteiger partial charge >= 0.3 is 0 Å². The van der Waals surface area contributed by atoms with E-state index in [9.17, 15) is 14.0 Å². The number of nitrogens with one attached hydrogen (secondary N) is 2. The predicted molar refractivity (Wildman–Crippen MR) is 96.0 cm³/mol. The molecule has 3 aliphatic carbocycles. The van der Waals surface area contributed by atoms with Crippen LogP contribution in [0.25, 0.3) is 4.85 Å². The van der Waals surface area contributed by atoms with Crippen LogP contribution < -0.4 is 10.6 Å². The topological polar surface area (TPSA) is 89.6 Å². The molecule has 0 radical (unpaired) electrons. The minimum Gasteiger partial charge on any atom is -0.348 e. The standard InChI is InChI=1S/C19H26FN5O2/c1-22-8-9-23-17(27)18-2-5-19(6-3-18,7-4-18)24-12-16(26)25-13-14(20)10-15(25)11-21/h14-15,24H,2-10,12-13H2,(H,23,27)/t14-,15-,18?,19?/m0/s1. The maximum atomic E-state index is 13.5. The Bertz CT molecular complexity index is 658. The molecule has 4 aliphatic rings. The lowest BCUT2D eigenvalue weighted by Gasteiger charge is -2.52. The van der Waals surface area contributed by atoms with E-state index in [2.05, 4.69) is 15.5 Å². The van der Waals surface area contributed by atoms with Gasteiger partial charge < -0.3 is 20.4 Å². The highest BCUT2D eigenvalue weighted by molar-refractivity contribution is 5.83. The van der Waals surface area contributed by atoms with Crippen molar-refractivity contribution in [2.24, 2.45) is 5.41 Å². The van der Waals surface area contributed by atoms with E-state index in [1.54, 1.807) is 0 Å². The lowest BCUT2D eigenvalue weighted by Crippen LogP contribution is -2.60. The fourth-order valence-electron chi connectivity index (χ4n) is 4.75. The van der Waals surface area contributed by atoms with Crippen molar-refractivity contribution in [2.45, 2.75) is 62.7 Å². The summed E-state index contributed by atoms with van der Waals surface area (Å²) < 4.78 is 13.5. The zero-order valence-electron chi connectivity index (χ0n) is 15.5. The Morgan fingerprint density at radius 2 is 1.93 bits per heavy atom. The van der Waals surface area contributed by atoms with Crippen LogP contribution in [0.2, 0.25) is 0 Å². The first kappa shape index (κ1) is 19.6. The fraction of sp³-hybridized carbons (Fsp3) is 0.789. The Hall–Kier alpha value is -2.19. The summed E-state index contributed by atoms with van der Waals surface area (Å²) in [6.45, 7) is 7.60. The molecular formula is C19H26FN5O2. The van der Waals surface area contributed by atoms with E-state index in [4.69, 9.17) is 11.8 Å². The number of fused-ring (bicyclic) bond motifs is 3. The van der Waals surface area contributed by atoms with Gasteiger partial charge in [0.2, 0.25) is 18.4 Å². The number of carbonyl (C=O) groups excluding carboxylic acids is 2. The van der Waals surface area contributed by atoms with Gasteiger partial charge in [0.1, 0.15) is 12.2 Å². The van der Waals surface area contributed by atoms with Crippen LogP contribution in [-0.2, 0) is 9.59 Å². The molecule has 4 fully saturated rings. The first-order valence-electron chi connectivity index (χ1n) is 9.63. The second kappa shape index (κ2) is 7.82. The molecule has 146 valence electrons. The van der Waals surface area contributed by atoms with Crippen molar-refractivity contribution in [3.63, 3.8) is 0 Å². The van der Waals surface area contributed by atoms with E-state index in [1.807, 2.05) is 6.07 Å². The molecule has 2 atom stereocenters.